The average molecular weight is 180 g/mol. The monoisotopic (exact) mass is 180 g/mol. The zero-order valence-corrected chi connectivity index (χ0v) is 8.28. The van der Waals surface area contributed by atoms with Gasteiger partial charge in [-0.3, -0.25) is 0 Å². The van der Waals surface area contributed by atoms with Gasteiger partial charge in [-0.1, -0.05) is 19.3 Å². The third kappa shape index (κ3) is 1.24. The first-order valence-electron chi connectivity index (χ1n) is 6.06. The fraction of sp³-hybridized carbons (Fsp3) is 1.00. The molecule has 0 saturated heterocycles. The van der Waals surface area contributed by atoms with Crippen LogP contribution in [0.15, 0.2) is 0 Å². The summed E-state index contributed by atoms with van der Waals surface area (Å²) in [5, 5.41) is 10.2. The molecule has 3 aliphatic carbocycles. The van der Waals surface area contributed by atoms with Crippen LogP contribution in [-0.4, -0.2) is 11.2 Å². The lowest BCUT2D eigenvalue weighted by Gasteiger charge is -2.19. The van der Waals surface area contributed by atoms with Gasteiger partial charge in [-0.2, -0.15) is 0 Å². The molecular weight excluding hydrogens is 160 g/mol. The van der Waals surface area contributed by atoms with Gasteiger partial charge in [0, 0.05) is 0 Å². The van der Waals surface area contributed by atoms with Crippen LogP contribution in [0.3, 0.4) is 0 Å². The third-order valence-corrected chi connectivity index (χ3v) is 4.75. The van der Waals surface area contributed by atoms with Crippen molar-refractivity contribution in [3.05, 3.63) is 0 Å². The van der Waals surface area contributed by atoms with Crippen molar-refractivity contribution in [2.24, 2.45) is 23.7 Å². The average Bonchev–Trinajstić information content (AvgIpc) is 2.68. The molecule has 3 atom stereocenters. The maximum Gasteiger partial charge on any atom is 0.0602 e. The van der Waals surface area contributed by atoms with Crippen LogP contribution < -0.4 is 0 Å². The van der Waals surface area contributed by atoms with E-state index in [2.05, 4.69) is 0 Å². The van der Waals surface area contributed by atoms with Gasteiger partial charge in [0.05, 0.1) is 6.10 Å². The van der Waals surface area contributed by atoms with Crippen molar-refractivity contribution < 1.29 is 5.11 Å². The highest BCUT2D eigenvalue weighted by molar-refractivity contribution is 5.05. The fourth-order valence-electron chi connectivity index (χ4n) is 4.00. The number of rotatable bonds is 2. The van der Waals surface area contributed by atoms with Gasteiger partial charge >= 0.3 is 0 Å². The Morgan fingerprint density at radius 1 is 0.846 bits per heavy atom. The van der Waals surface area contributed by atoms with E-state index in [0.717, 1.165) is 17.8 Å². The highest BCUT2D eigenvalue weighted by atomic mass is 16.3. The minimum atomic E-state index is 0.0813. The van der Waals surface area contributed by atoms with E-state index < -0.39 is 0 Å². The lowest BCUT2D eigenvalue weighted by molar-refractivity contribution is 0.0765. The second kappa shape index (κ2) is 2.98. The first-order valence-corrected chi connectivity index (χ1v) is 6.06. The van der Waals surface area contributed by atoms with Gasteiger partial charge in [0.25, 0.3) is 0 Å². The van der Waals surface area contributed by atoms with Gasteiger partial charge in [-0.25, -0.2) is 0 Å². The molecule has 1 nitrogen and oxygen atoms in total. The molecule has 0 aromatic heterocycles. The van der Waals surface area contributed by atoms with Crippen LogP contribution in [-0.2, 0) is 0 Å². The number of fused-ring (bicyclic) bond motifs is 1. The van der Waals surface area contributed by atoms with Crippen molar-refractivity contribution in [2.45, 2.75) is 51.0 Å². The summed E-state index contributed by atoms with van der Waals surface area (Å²) in [6.07, 6.45) is 9.68. The molecule has 0 bridgehead atoms. The summed E-state index contributed by atoms with van der Waals surface area (Å²) in [4.78, 5) is 0. The first-order chi connectivity index (χ1) is 6.38. The molecule has 0 heterocycles. The number of aliphatic hydroxyl groups excluding tert-OH is 1. The van der Waals surface area contributed by atoms with E-state index in [1.165, 1.54) is 44.9 Å². The molecule has 0 radical (unpaired) electrons. The molecule has 74 valence electrons. The predicted molar refractivity (Wildman–Crippen MR) is 52.3 cm³/mol. The minimum Gasteiger partial charge on any atom is -0.393 e. The molecule has 0 aromatic rings. The van der Waals surface area contributed by atoms with E-state index >= 15 is 0 Å². The molecular formula is C12H20O. The number of aliphatic hydroxyl groups is 1. The van der Waals surface area contributed by atoms with Gasteiger partial charge in [0.1, 0.15) is 0 Å². The summed E-state index contributed by atoms with van der Waals surface area (Å²) in [5.41, 5.74) is 0. The molecule has 3 saturated carbocycles. The Labute approximate surface area is 80.5 Å². The van der Waals surface area contributed by atoms with Crippen molar-refractivity contribution in [2.75, 3.05) is 0 Å². The standard InChI is InChI=1S/C12H20O/c13-12(8-4-1-2-5-8)11-9-6-3-7-10(9)11/h8-13H,1-7H2. The van der Waals surface area contributed by atoms with Gasteiger partial charge in [0.2, 0.25) is 0 Å². The maximum absolute atomic E-state index is 10.2. The van der Waals surface area contributed by atoms with Gasteiger partial charge in [-0.05, 0) is 49.4 Å². The normalized spacial score (nSPS) is 46.4. The highest BCUT2D eigenvalue weighted by Crippen LogP contribution is 2.60. The zero-order chi connectivity index (χ0) is 8.84. The molecule has 3 aliphatic rings. The molecule has 0 amide bonds. The van der Waals surface area contributed by atoms with Crippen molar-refractivity contribution in [3.63, 3.8) is 0 Å². The summed E-state index contributed by atoms with van der Waals surface area (Å²) in [6.45, 7) is 0. The van der Waals surface area contributed by atoms with Crippen LogP contribution in [0.25, 0.3) is 0 Å². The van der Waals surface area contributed by atoms with E-state index in [4.69, 9.17) is 0 Å². The Balaban J connectivity index is 1.60. The topological polar surface area (TPSA) is 20.2 Å². The van der Waals surface area contributed by atoms with E-state index in [9.17, 15) is 5.11 Å². The predicted octanol–water partition coefficient (Wildman–Crippen LogP) is 2.58. The smallest absolute Gasteiger partial charge is 0.0602 e. The Morgan fingerprint density at radius 3 is 2.08 bits per heavy atom. The van der Waals surface area contributed by atoms with Crippen molar-refractivity contribution in [1.29, 1.82) is 0 Å². The SMILES string of the molecule is OC(C1CCCC1)C1C2CCCC21. The van der Waals surface area contributed by atoms with Crippen LogP contribution in [0.5, 0.6) is 0 Å². The molecule has 13 heavy (non-hydrogen) atoms. The number of hydrogen-bond donors (Lipinski definition) is 1. The lowest BCUT2D eigenvalue weighted by atomic mass is 9.93. The Kier molecular flexibility index (Phi) is 1.90. The molecule has 0 aromatic carbocycles. The van der Waals surface area contributed by atoms with Crippen LogP contribution in [0.4, 0.5) is 0 Å². The Morgan fingerprint density at radius 2 is 1.46 bits per heavy atom. The van der Waals surface area contributed by atoms with Crippen LogP contribution in [0, 0.1) is 23.7 Å². The van der Waals surface area contributed by atoms with E-state index in [0.29, 0.717) is 5.92 Å². The maximum atomic E-state index is 10.2. The second-order valence-electron chi connectivity index (χ2n) is 5.37. The van der Waals surface area contributed by atoms with E-state index in [-0.39, 0.29) is 6.10 Å². The molecule has 1 N–H and O–H groups in total. The largest absolute Gasteiger partial charge is 0.393 e. The molecule has 0 spiro atoms. The molecule has 3 unspecified atom stereocenters. The van der Waals surface area contributed by atoms with Crippen LogP contribution >= 0.6 is 0 Å². The summed E-state index contributed by atoms with van der Waals surface area (Å²) < 4.78 is 0. The second-order valence-corrected chi connectivity index (χ2v) is 5.37. The molecule has 3 rings (SSSR count). The molecule has 1 heteroatoms. The minimum absolute atomic E-state index is 0.0813. The van der Waals surface area contributed by atoms with E-state index in [1.54, 1.807) is 0 Å². The summed E-state index contributed by atoms with van der Waals surface area (Å²) in [6, 6.07) is 0. The van der Waals surface area contributed by atoms with E-state index in [1.807, 2.05) is 0 Å². The first kappa shape index (κ1) is 8.28. The van der Waals surface area contributed by atoms with Gasteiger partial charge < -0.3 is 5.11 Å². The Hall–Kier alpha value is -0.0400. The van der Waals surface area contributed by atoms with Crippen LogP contribution in [0.1, 0.15) is 44.9 Å². The van der Waals surface area contributed by atoms with Crippen molar-refractivity contribution in [1.82, 2.24) is 0 Å². The third-order valence-electron chi connectivity index (χ3n) is 4.75. The van der Waals surface area contributed by atoms with Gasteiger partial charge in [0.15, 0.2) is 0 Å². The molecule has 3 fully saturated rings. The number of hydrogen-bond acceptors (Lipinski definition) is 1. The van der Waals surface area contributed by atoms with Crippen molar-refractivity contribution >= 4 is 0 Å². The van der Waals surface area contributed by atoms with Crippen molar-refractivity contribution in [3.8, 4) is 0 Å². The summed E-state index contributed by atoms with van der Waals surface area (Å²) >= 11 is 0. The fourth-order valence-corrected chi connectivity index (χ4v) is 4.00. The summed E-state index contributed by atoms with van der Waals surface area (Å²) in [5.74, 6) is 3.29. The lowest BCUT2D eigenvalue weighted by Crippen LogP contribution is -2.22. The molecule has 0 aliphatic heterocycles. The quantitative estimate of drug-likeness (QED) is 0.692. The Bertz CT molecular complexity index is 185. The summed E-state index contributed by atoms with van der Waals surface area (Å²) in [7, 11) is 0. The van der Waals surface area contributed by atoms with Crippen LogP contribution in [0.2, 0.25) is 0 Å². The zero-order valence-electron chi connectivity index (χ0n) is 8.28. The highest BCUT2D eigenvalue weighted by Gasteiger charge is 2.56. The van der Waals surface area contributed by atoms with Gasteiger partial charge in [-0.15, -0.1) is 0 Å².